The van der Waals surface area contributed by atoms with Crippen LogP contribution in [0.2, 0.25) is 0 Å². The van der Waals surface area contributed by atoms with E-state index in [1.165, 1.54) is 6.07 Å². The first-order chi connectivity index (χ1) is 6.22. The second kappa shape index (κ2) is 4.81. The Morgan fingerprint density at radius 2 is 2.31 bits per heavy atom. The van der Waals surface area contributed by atoms with E-state index in [1.807, 2.05) is 0 Å². The molecule has 1 aromatic heterocycles. The smallest absolute Gasteiger partial charge is 0.247 e. The number of carbonyl (C=O) groups excluding carboxylic acids is 1. The van der Waals surface area contributed by atoms with E-state index < -0.39 is 0 Å². The minimum Gasteiger partial charge on any atom is -0.351 e. The number of pyridine rings is 1. The van der Waals surface area contributed by atoms with Crippen LogP contribution in [0.1, 0.15) is 5.56 Å². The van der Waals surface area contributed by atoms with Crippen molar-refractivity contribution in [3.05, 3.63) is 34.2 Å². The molecule has 0 aromatic carbocycles. The topological polar surface area (TPSA) is 62.0 Å². The molecule has 13 heavy (non-hydrogen) atoms. The Balaban J connectivity index is 2.50. The second-order valence-electron chi connectivity index (χ2n) is 2.47. The van der Waals surface area contributed by atoms with Crippen LogP contribution in [0.25, 0.3) is 0 Å². The van der Waals surface area contributed by atoms with Crippen LogP contribution in [0.15, 0.2) is 23.1 Å². The van der Waals surface area contributed by atoms with Crippen molar-refractivity contribution in [2.45, 2.75) is 6.54 Å². The molecule has 0 aliphatic heterocycles. The second-order valence-corrected chi connectivity index (χ2v) is 3.03. The van der Waals surface area contributed by atoms with Crippen LogP contribution in [0.4, 0.5) is 0 Å². The SMILES string of the molecule is O=C(CBr)NCc1ccc(=O)[nH]c1. The maximum Gasteiger partial charge on any atom is 0.247 e. The number of aromatic nitrogens is 1. The molecule has 0 bridgehead atoms. The lowest BCUT2D eigenvalue weighted by Gasteiger charge is -2.01. The minimum atomic E-state index is -0.143. The molecule has 2 N–H and O–H groups in total. The van der Waals surface area contributed by atoms with E-state index in [-0.39, 0.29) is 16.8 Å². The molecule has 0 aliphatic carbocycles. The summed E-state index contributed by atoms with van der Waals surface area (Å²) < 4.78 is 0. The van der Waals surface area contributed by atoms with Gasteiger partial charge in [0.25, 0.3) is 0 Å². The molecule has 0 aliphatic rings. The fraction of sp³-hybridized carbons (Fsp3) is 0.250. The number of hydrogen-bond acceptors (Lipinski definition) is 2. The predicted octanol–water partition coefficient (Wildman–Crippen LogP) is 0.386. The van der Waals surface area contributed by atoms with Crippen molar-refractivity contribution < 1.29 is 4.79 Å². The molecule has 4 nitrogen and oxygen atoms in total. The lowest BCUT2D eigenvalue weighted by atomic mass is 10.3. The van der Waals surface area contributed by atoms with Crippen molar-refractivity contribution in [3.8, 4) is 0 Å². The van der Waals surface area contributed by atoms with Gasteiger partial charge in [0.1, 0.15) is 0 Å². The molecule has 1 aromatic rings. The fourth-order valence-electron chi connectivity index (χ4n) is 0.801. The van der Waals surface area contributed by atoms with Crippen LogP contribution < -0.4 is 10.9 Å². The predicted molar refractivity (Wildman–Crippen MR) is 52.7 cm³/mol. The number of H-pyrrole nitrogens is 1. The molecule has 1 amide bonds. The summed E-state index contributed by atoms with van der Waals surface area (Å²) in [6.07, 6.45) is 1.58. The Labute approximate surface area is 83.5 Å². The lowest BCUT2D eigenvalue weighted by Crippen LogP contribution is -2.23. The molecule has 70 valence electrons. The summed E-state index contributed by atoms with van der Waals surface area (Å²) in [5.41, 5.74) is 0.726. The van der Waals surface area contributed by atoms with Crippen molar-refractivity contribution in [1.82, 2.24) is 10.3 Å². The van der Waals surface area contributed by atoms with Gasteiger partial charge < -0.3 is 10.3 Å². The van der Waals surface area contributed by atoms with E-state index >= 15 is 0 Å². The van der Waals surface area contributed by atoms with Crippen LogP contribution in [0.3, 0.4) is 0 Å². The summed E-state index contributed by atoms with van der Waals surface area (Å²) in [5.74, 6) is -0.0776. The molecule has 1 rings (SSSR count). The van der Waals surface area contributed by atoms with Gasteiger partial charge in [0.15, 0.2) is 0 Å². The first-order valence-electron chi connectivity index (χ1n) is 3.72. The van der Waals surface area contributed by atoms with Crippen molar-refractivity contribution in [2.24, 2.45) is 0 Å². The van der Waals surface area contributed by atoms with E-state index in [2.05, 4.69) is 26.2 Å². The van der Waals surface area contributed by atoms with E-state index in [0.717, 1.165) is 5.56 Å². The molecule has 0 atom stereocenters. The van der Waals surface area contributed by atoms with Crippen LogP contribution in [0.5, 0.6) is 0 Å². The van der Waals surface area contributed by atoms with Gasteiger partial charge in [0.05, 0.1) is 5.33 Å². The van der Waals surface area contributed by atoms with Crippen LogP contribution in [0, 0.1) is 0 Å². The summed E-state index contributed by atoms with van der Waals surface area (Å²) in [6, 6.07) is 3.10. The number of rotatable bonds is 3. The van der Waals surface area contributed by atoms with Crippen molar-refractivity contribution in [3.63, 3.8) is 0 Å². The number of halogens is 1. The normalized spacial score (nSPS) is 9.62. The monoisotopic (exact) mass is 244 g/mol. The molecule has 0 fully saturated rings. The molecule has 5 heteroatoms. The van der Waals surface area contributed by atoms with Gasteiger partial charge >= 0.3 is 0 Å². The number of amides is 1. The Kier molecular flexibility index (Phi) is 3.70. The summed E-state index contributed by atoms with van der Waals surface area (Å²) in [7, 11) is 0. The first kappa shape index (κ1) is 9.98. The van der Waals surface area contributed by atoms with Gasteiger partial charge in [0.2, 0.25) is 11.5 Å². The van der Waals surface area contributed by atoms with Gasteiger partial charge in [-0.1, -0.05) is 22.0 Å². The zero-order chi connectivity index (χ0) is 9.68. The molecule has 0 saturated heterocycles. The number of nitrogens with one attached hydrogen (secondary N) is 2. The Hall–Kier alpha value is -1.10. The molecular weight excluding hydrogens is 236 g/mol. The van der Waals surface area contributed by atoms with Gasteiger partial charge in [0, 0.05) is 18.8 Å². The zero-order valence-electron chi connectivity index (χ0n) is 6.84. The van der Waals surface area contributed by atoms with E-state index in [4.69, 9.17) is 0 Å². The highest BCUT2D eigenvalue weighted by Crippen LogP contribution is 1.92. The van der Waals surface area contributed by atoms with Crippen LogP contribution in [-0.4, -0.2) is 16.2 Å². The highest BCUT2D eigenvalue weighted by Gasteiger charge is 1.97. The highest BCUT2D eigenvalue weighted by molar-refractivity contribution is 9.09. The highest BCUT2D eigenvalue weighted by atomic mass is 79.9. The zero-order valence-corrected chi connectivity index (χ0v) is 8.43. The van der Waals surface area contributed by atoms with Gasteiger partial charge in [-0.05, 0) is 5.56 Å². The molecule has 0 radical (unpaired) electrons. The molecular formula is C8H9BrN2O2. The maximum atomic E-state index is 10.8. The standard InChI is InChI=1S/C8H9BrN2O2/c9-3-8(13)11-5-6-1-2-7(12)10-4-6/h1-2,4H,3,5H2,(H,10,12)(H,11,13). The molecule has 0 unspecified atom stereocenters. The van der Waals surface area contributed by atoms with Crippen LogP contribution in [-0.2, 0) is 11.3 Å². The lowest BCUT2D eigenvalue weighted by molar-refractivity contribution is -0.118. The quantitative estimate of drug-likeness (QED) is 0.756. The van der Waals surface area contributed by atoms with E-state index in [0.29, 0.717) is 6.54 Å². The van der Waals surface area contributed by atoms with Crippen molar-refractivity contribution in [1.29, 1.82) is 0 Å². The van der Waals surface area contributed by atoms with E-state index in [9.17, 15) is 9.59 Å². The van der Waals surface area contributed by atoms with Gasteiger partial charge in [-0.2, -0.15) is 0 Å². The Bertz CT molecular complexity index is 328. The number of hydrogen-bond donors (Lipinski definition) is 2. The average molecular weight is 245 g/mol. The summed E-state index contributed by atoms with van der Waals surface area (Å²) in [4.78, 5) is 24.0. The largest absolute Gasteiger partial charge is 0.351 e. The van der Waals surface area contributed by atoms with Crippen molar-refractivity contribution in [2.75, 3.05) is 5.33 Å². The minimum absolute atomic E-state index is 0.0776. The van der Waals surface area contributed by atoms with Gasteiger partial charge in [-0.3, -0.25) is 9.59 Å². The summed E-state index contributed by atoms with van der Waals surface area (Å²) in [6.45, 7) is 0.432. The Morgan fingerprint density at radius 3 is 2.85 bits per heavy atom. The number of carbonyl (C=O) groups is 1. The molecule has 1 heterocycles. The third-order valence-electron chi connectivity index (χ3n) is 1.46. The molecule has 0 saturated carbocycles. The fourth-order valence-corrected chi connectivity index (χ4v) is 0.999. The van der Waals surface area contributed by atoms with Crippen LogP contribution >= 0.6 is 15.9 Å². The number of alkyl halides is 1. The van der Waals surface area contributed by atoms with Gasteiger partial charge in [-0.15, -0.1) is 0 Å². The maximum absolute atomic E-state index is 10.8. The molecule has 0 spiro atoms. The third kappa shape index (κ3) is 3.42. The third-order valence-corrected chi connectivity index (χ3v) is 1.97. The summed E-state index contributed by atoms with van der Waals surface area (Å²) >= 11 is 3.03. The van der Waals surface area contributed by atoms with Crippen molar-refractivity contribution >= 4 is 21.8 Å². The summed E-state index contributed by atoms with van der Waals surface area (Å²) in [5, 5.41) is 2.95. The Morgan fingerprint density at radius 1 is 1.54 bits per heavy atom. The number of aromatic amines is 1. The van der Waals surface area contributed by atoms with E-state index in [1.54, 1.807) is 12.3 Å². The van der Waals surface area contributed by atoms with Gasteiger partial charge in [-0.25, -0.2) is 0 Å². The average Bonchev–Trinajstić information content (AvgIpc) is 2.16. The first-order valence-corrected chi connectivity index (χ1v) is 4.85.